The molecule has 0 aliphatic heterocycles. The maximum Gasteiger partial charge on any atom is 0.0291 e. The van der Waals surface area contributed by atoms with E-state index in [9.17, 15) is 0 Å². The highest BCUT2D eigenvalue weighted by Crippen LogP contribution is 2.24. The largest absolute Gasteiger partial charge is 0.310 e. The van der Waals surface area contributed by atoms with Gasteiger partial charge >= 0.3 is 0 Å². The second-order valence-electron chi connectivity index (χ2n) is 4.41. The Balaban J connectivity index is 2.29. The summed E-state index contributed by atoms with van der Waals surface area (Å²) in [5.74, 6) is 0. The zero-order valence-electron chi connectivity index (χ0n) is 10.8. The van der Waals surface area contributed by atoms with Gasteiger partial charge in [0, 0.05) is 10.5 Å². The number of hydrogen-bond acceptors (Lipinski definition) is 1. The predicted octanol–water partition coefficient (Wildman–Crippen LogP) is 4.79. The van der Waals surface area contributed by atoms with Crippen molar-refractivity contribution in [1.82, 2.24) is 5.32 Å². The second kappa shape index (κ2) is 6.17. The molecule has 94 valence electrons. The maximum absolute atomic E-state index is 3.47. The molecule has 0 radical (unpaired) electrons. The van der Waals surface area contributed by atoms with E-state index in [0.717, 1.165) is 11.0 Å². The van der Waals surface area contributed by atoms with Crippen molar-refractivity contribution in [2.24, 2.45) is 0 Å². The van der Waals surface area contributed by atoms with E-state index in [2.05, 4.69) is 83.6 Å². The van der Waals surface area contributed by atoms with Gasteiger partial charge in [0.2, 0.25) is 0 Å². The number of hydrogen-bond donors (Lipinski definition) is 1. The average molecular weight is 304 g/mol. The van der Waals surface area contributed by atoms with Crippen LogP contribution in [0.1, 0.15) is 25.5 Å². The van der Waals surface area contributed by atoms with Crippen molar-refractivity contribution in [1.29, 1.82) is 0 Å². The summed E-state index contributed by atoms with van der Waals surface area (Å²) >= 11 is 3.47. The number of rotatable bonds is 4. The van der Waals surface area contributed by atoms with E-state index >= 15 is 0 Å². The van der Waals surface area contributed by atoms with Crippen LogP contribution in [0.5, 0.6) is 0 Å². The smallest absolute Gasteiger partial charge is 0.0291 e. The Morgan fingerprint density at radius 2 is 1.78 bits per heavy atom. The molecule has 1 N–H and O–H groups in total. The van der Waals surface area contributed by atoms with Gasteiger partial charge < -0.3 is 5.32 Å². The minimum Gasteiger partial charge on any atom is -0.310 e. The summed E-state index contributed by atoms with van der Waals surface area (Å²) < 4.78 is 1.11. The molecule has 2 aromatic rings. The molecule has 0 bridgehead atoms. The SMILES string of the molecule is CCNC(C)c1cccc(-c2ccc(Br)cc2)c1. The second-order valence-corrected chi connectivity index (χ2v) is 5.33. The highest BCUT2D eigenvalue weighted by Gasteiger charge is 2.05. The first-order valence-corrected chi connectivity index (χ1v) is 7.09. The van der Waals surface area contributed by atoms with Gasteiger partial charge in [-0.05, 0) is 48.4 Å². The monoisotopic (exact) mass is 303 g/mol. The Hall–Kier alpha value is -1.12. The van der Waals surface area contributed by atoms with Crippen LogP contribution in [0.4, 0.5) is 0 Å². The Bertz CT molecular complexity index is 505. The lowest BCUT2D eigenvalue weighted by molar-refractivity contribution is 0.598. The first-order chi connectivity index (χ1) is 8.70. The van der Waals surface area contributed by atoms with Crippen LogP contribution >= 0.6 is 15.9 Å². The Morgan fingerprint density at radius 3 is 2.44 bits per heavy atom. The molecule has 2 rings (SSSR count). The summed E-state index contributed by atoms with van der Waals surface area (Å²) in [5, 5.41) is 3.44. The Kier molecular flexibility index (Phi) is 4.56. The molecule has 0 fully saturated rings. The predicted molar refractivity (Wildman–Crippen MR) is 81.7 cm³/mol. The van der Waals surface area contributed by atoms with Crippen molar-refractivity contribution in [3.05, 3.63) is 58.6 Å². The third-order valence-electron chi connectivity index (χ3n) is 3.07. The molecule has 1 unspecified atom stereocenters. The van der Waals surface area contributed by atoms with Gasteiger partial charge in [0.05, 0.1) is 0 Å². The quantitative estimate of drug-likeness (QED) is 0.856. The normalized spacial score (nSPS) is 12.4. The molecule has 0 saturated heterocycles. The molecule has 0 saturated carbocycles. The van der Waals surface area contributed by atoms with E-state index in [-0.39, 0.29) is 0 Å². The van der Waals surface area contributed by atoms with Crippen molar-refractivity contribution in [2.75, 3.05) is 6.54 Å². The maximum atomic E-state index is 3.47. The van der Waals surface area contributed by atoms with Crippen molar-refractivity contribution < 1.29 is 0 Å². The van der Waals surface area contributed by atoms with Gasteiger partial charge in [-0.15, -0.1) is 0 Å². The molecule has 0 heterocycles. The van der Waals surface area contributed by atoms with E-state index in [1.54, 1.807) is 0 Å². The van der Waals surface area contributed by atoms with Crippen LogP contribution in [-0.2, 0) is 0 Å². The average Bonchev–Trinajstić information content (AvgIpc) is 2.40. The topological polar surface area (TPSA) is 12.0 Å². The van der Waals surface area contributed by atoms with Crippen molar-refractivity contribution in [3.63, 3.8) is 0 Å². The lowest BCUT2D eigenvalue weighted by Gasteiger charge is -2.14. The number of halogens is 1. The zero-order valence-corrected chi connectivity index (χ0v) is 12.4. The summed E-state index contributed by atoms with van der Waals surface area (Å²) in [7, 11) is 0. The van der Waals surface area contributed by atoms with Crippen LogP contribution in [0, 0.1) is 0 Å². The molecular weight excluding hydrogens is 286 g/mol. The standard InChI is InChI=1S/C16H18BrN/c1-3-18-12(2)14-5-4-6-15(11-14)13-7-9-16(17)10-8-13/h4-12,18H,3H2,1-2H3. The van der Waals surface area contributed by atoms with E-state index in [1.807, 2.05) is 0 Å². The van der Waals surface area contributed by atoms with Gasteiger partial charge in [0.25, 0.3) is 0 Å². The Labute approximate surface area is 117 Å². The fourth-order valence-corrected chi connectivity index (χ4v) is 2.32. The summed E-state index contributed by atoms with van der Waals surface area (Å²) in [6.45, 7) is 5.32. The Morgan fingerprint density at radius 1 is 1.06 bits per heavy atom. The van der Waals surface area contributed by atoms with Crippen LogP contribution in [0.25, 0.3) is 11.1 Å². The summed E-state index contributed by atoms with van der Waals surface area (Å²) in [6, 6.07) is 17.6. The molecule has 0 aliphatic rings. The van der Waals surface area contributed by atoms with Gasteiger partial charge in [-0.25, -0.2) is 0 Å². The van der Waals surface area contributed by atoms with Crippen molar-refractivity contribution >= 4 is 15.9 Å². The molecule has 0 aliphatic carbocycles. The van der Waals surface area contributed by atoms with Gasteiger partial charge in [0.15, 0.2) is 0 Å². The van der Waals surface area contributed by atoms with Gasteiger partial charge in [-0.1, -0.05) is 53.2 Å². The molecule has 18 heavy (non-hydrogen) atoms. The van der Waals surface area contributed by atoms with E-state index in [1.165, 1.54) is 16.7 Å². The van der Waals surface area contributed by atoms with Crippen molar-refractivity contribution in [2.45, 2.75) is 19.9 Å². The molecule has 0 amide bonds. The highest BCUT2D eigenvalue weighted by molar-refractivity contribution is 9.10. The number of benzene rings is 2. The van der Waals surface area contributed by atoms with E-state index < -0.39 is 0 Å². The molecule has 0 aromatic heterocycles. The first kappa shape index (κ1) is 13.3. The van der Waals surface area contributed by atoms with Gasteiger partial charge in [0.1, 0.15) is 0 Å². The van der Waals surface area contributed by atoms with E-state index in [4.69, 9.17) is 0 Å². The first-order valence-electron chi connectivity index (χ1n) is 6.30. The van der Waals surface area contributed by atoms with Crippen LogP contribution in [0.3, 0.4) is 0 Å². The lowest BCUT2D eigenvalue weighted by atomic mass is 10.0. The third kappa shape index (κ3) is 3.21. The molecule has 2 aromatic carbocycles. The lowest BCUT2D eigenvalue weighted by Crippen LogP contribution is -2.17. The van der Waals surface area contributed by atoms with Crippen LogP contribution in [0.15, 0.2) is 53.0 Å². The fraction of sp³-hybridized carbons (Fsp3) is 0.250. The molecular formula is C16H18BrN. The van der Waals surface area contributed by atoms with Crippen molar-refractivity contribution in [3.8, 4) is 11.1 Å². The minimum absolute atomic E-state index is 0.394. The minimum atomic E-state index is 0.394. The van der Waals surface area contributed by atoms with Gasteiger partial charge in [-0.3, -0.25) is 0 Å². The fourth-order valence-electron chi connectivity index (χ4n) is 2.05. The molecule has 2 heteroatoms. The van der Waals surface area contributed by atoms with E-state index in [0.29, 0.717) is 6.04 Å². The number of nitrogens with one attached hydrogen (secondary N) is 1. The molecule has 1 atom stereocenters. The van der Waals surface area contributed by atoms with Gasteiger partial charge in [-0.2, -0.15) is 0 Å². The summed E-state index contributed by atoms with van der Waals surface area (Å²) in [4.78, 5) is 0. The highest BCUT2D eigenvalue weighted by atomic mass is 79.9. The van der Waals surface area contributed by atoms with Crippen LogP contribution < -0.4 is 5.32 Å². The van der Waals surface area contributed by atoms with Crippen LogP contribution in [-0.4, -0.2) is 6.54 Å². The molecule has 0 spiro atoms. The third-order valence-corrected chi connectivity index (χ3v) is 3.60. The summed E-state index contributed by atoms with van der Waals surface area (Å²) in [6.07, 6.45) is 0. The summed E-state index contributed by atoms with van der Waals surface area (Å²) in [5.41, 5.74) is 3.85. The molecule has 1 nitrogen and oxygen atoms in total. The van der Waals surface area contributed by atoms with Crippen LogP contribution in [0.2, 0.25) is 0 Å². The zero-order chi connectivity index (χ0) is 13.0.